The number of amides is 1. The first-order valence-electron chi connectivity index (χ1n) is 5.25. The van der Waals surface area contributed by atoms with Gasteiger partial charge in [0, 0.05) is 0 Å². The average Bonchev–Trinajstić information content (AvgIpc) is 2.36. The second kappa shape index (κ2) is 6.86. The van der Waals surface area contributed by atoms with Crippen LogP contribution in [0.2, 0.25) is 5.02 Å². The predicted octanol–water partition coefficient (Wildman–Crippen LogP) is 1.32. The van der Waals surface area contributed by atoms with Crippen LogP contribution in [-0.2, 0) is 14.3 Å². The van der Waals surface area contributed by atoms with Gasteiger partial charge >= 0.3 is 5.97 Å². The van der Waals surface area contributed by atoms with Crippen LogP contribution < -0.4 is 10.1 Å². The number of nitrogens with one attached hydrogen (secondary N) is 1. The summed E-state index contributed by atoms with van der Waals surface area (Å²) in [5, 5.41) is 2.79. The van der Waals surface area contributed by atoms with Gasteiger partial charge in [-0.05, 0) is 24.6 Å². The first kappa shape index (κ1) is 14.3. The Hall–Kier alpha value is -1.75. The van der Waals surface area contributed by atoms with E-state index >= 15 is 0 Å². The second-order valence-corrected chi connectivity index (χ2v) is 3.98. The smallest absolute Gasteiger partial charge is 0.325 e. The van der Waals surface area contributed by atoms with Crippen LogP contribution in [0.15, 0.2) is 18.2 Å². The Kier molecular flexibility index (Phi) is 5.45. The lowest BCUT2D eigenvalue weighted by molar-refractivity contribution is -0.141. The molecular formula is C12H14ClNO4. The van der Waals surface area contributed by atoms with Gasteiger partial charge in [-0.1, -0.05) is 17.7 Å². The highest BCUT2D eigenvalue weighted by molar-refractivity contribution is 6.32. The van der Waals surface area contributed by atoms with E-state index in [2.05, 4.69) is 10.1 Å². The Balaban J connectivity index is 2.42. The standard InChI is InChI=1S/C12H14ClNO4/c1-8-3-4-9(13)10(5-8)18-7-11(15)14-6-12(16)17-2/h3-5H,6-7H2,1-2H3,(H,14,15). The van der Waals surface area contributed by atoms with Gasteiger partial charge in [0.15, 0.2) is 6.61 Å². The van der Waals surface area contributed by atoms with Crippen molar-refractivity contribution in [3.05, 3.63) is 28.8 Å². The summed E-state index contributed by atoms with van der Waals surface area (Å²) in [7, 11) is 1.25. The number of halogens is 1. The molecule has 0 saturated heterocycles. The summed E-state index contributed by atoms with van der Waals surface area (Å²) in [6, 6.07) is 5.26. The van der Waals surface area contributed by atoms with Crippen LogP contribution >= 0.6 is 11.6 Å². The predicted molar refractivity (Wildman–Crippen MR) is 66.7 cm³/mol. The fourth-order valence-corrected chi connectivity index (χ4v) is 1.33. The molecule has 0 atom stereocenters. The highest BCUT2D eigenvalue weighted by Crippen LogP contribution is 2.24. The number of aryl methyl sites for hydroxylation is 1. The number of rotatable bonds is 5. The fourth-order valence-electron chi connectivity index (χ4n) is 1.16. The Labute approximate surface area is 110 Å². The van der Waals surface area contributed by atoms with Crippen molar-refractivity contribution in [1.29, 1.82) is 0 Å². The van der Waals surface area contributed by atoms with Gasteiger partial charge in [0.05, 0.1) is 12.1 Å². The van der Waals surface area contributed by atoms with Crippen LogP contribution in [-0.4, -0.2) is 32.1 Å². The summed E-state index contributed by atoms with van der Waals surface area (Å²) < 4.78 is 9.63. The number of hydrogen-bond donors (Lipinski definition) is 1. The van der Waals surface area contributed by atoms with Gasteiger partial charge in [-0.3, -0.25) is 9.59 Å². The Morgan fingerprint density at radius 1 is 1.39 bits per heavy atom. The van der Waals surface area contributed by atoms with Crippen LogP contribution in [0.25, 0.3) is 0 Å². The average molecular weight is 272 g/mol. The number of methoxy groups -OCH3 is 1. The van der Waals surface area contributed by atoms with Gasteiger partial charge in [-0.25, -0.2) is 0 Å². The van der Waals surface area contributed by atoms with Gasteiger partial charge in [-0.15, -0.1) is 0 Å². The van der Waals surface area contributed by atoms with Gasteiger partial charge in [0.25, 0.3) is 5.91 Å². The SMILES string of the molecule is COC(=O)CNC(=O)COc1cc(C)ccc1Cl. The lowest BCUT2D eigenvalue weighted by atomic mass is 10.2. The molecule has 1 aromatic rings. The summed E-state index contributed by atoms with van der Waals surface area (Å²) >= 11 is 5.90. The summed E-state index contributed by atoms with van der Waals surface area (Å²) in [5.74, 6) is -0.500. The third kappa shape index (κ3) is 4.63. The summed E-state index contributed by atoms with van der Waals surface area (Å²) in [6.07, 6.45) is 0. The van der Waals surface area contributed by atoms with Gasteiger partial charge in [0.1, 0.15) is 12.3 Å². The molecule has 98 valence electrons. The number of carbonyl (C=O) groups is 2. The van der Waals surface area contributed by atoms with Gasteiger partial charge in [0.2, 0.25) is 0 Å². The van der Waals surface area contributed by atoms with E-state index in [-0.39, 0.29) is 13.2 Å². The number of ether oxygens (including phenoxy) is 2. The van der Waals surface area contributed by atoms with Crippen LogP contribution in [0, 0.1) is 6.92 Å². The quantitative estimate of drug-likeness (QED) is 0.821. The molecule has 1 rings (SSSR count). The molecular weight excluding hydrogens is 258 g/mol. The summed E-state index contributed by atoms with van der Waals surface area (Å²) in [4.78, 5) is 22.1. The van der Waals surface area contributed by atoms with Crippen molar-refractivity contribution in [3.63, 3.8) is 0 Å². The molecule has 0 aliphatic rings. The molecule has 0 radical (unpaired) electrons. The van der Waals surface area contributed by atoms with Crippen molar-refractivity contribution in [2.75, 3.05) is 20.3 Å². The minimum Gasteiger partial charge on any atom is -0.482 e. The normalized spacial score (nSPS) is 9.72. The molecule has 0 heterocycles. The van der Waals surface area contributed by atoms with E-state index in [1.54, 1.807) is 12.1 Å². The zero-order chi connectivity index (χ0) is 13.5. The van der Waals surface area contributed by atoms with Crippen LogP contribution in [0.1, 0.15) is 5.56 Å². The third-order valence-corrected chi connectivity index (χ3v) is 2.42. The van der Waals surface area contributed by atoms with E-state index in [9.17, 15) is 9.59 Å². The van der Waals surface area contributed by atoms with Crippen molar-refractivity contribution in [1.82, 2.24) is 5.32 Å². The molecule has 5 nitrogen and oxygen atoms in total. The molecule has 18 heavy (non-hydrogen) atoms. The van der Waals surface area contributed by atoms with Gasteiger partial charge < -0.3 is 14.8 Å². The molecule has 1 aromatic carbocycles. The largest absolute Gasteiger partial charge is 0.482 e. The molecule has 0 unspecified atom stereocenters. The minimum atomic E-state index is -0.517. The van der Waals surface area contributed by atoms with Crippen LogP contribution in [0.3, 0.4) is 0 Å². The summed E-state index contributed by atoms with van der Waals surface area (Å²) in [5.41, 5.74) is 0.976. The van der Waals surface area contributed by atoms with Crippen molar-refractivity contribution < 1.29 is 19.1 Å². The molecule has 0 saturated carbocycles. The maximum absolute atomic E-state index is 11.3. The molecule has 1 N–H and O–H groups in total. The number of hydrogen-bond acceptors (Lipinski definition) is 4. The summed E-state index contributed by atoms with van der Waals surface area (Å²) in [6.45, 7) is 1.50. The van der Waals surface area contributed by atoms with E-state index in [1.165, 1.54) is 7.11 Å². The Morgan fingerprint density at radius 2 is 2.11 bits per heavy atom. The fraction of sp³-hybridized carbons (Fsp3) is 0.333. The highest BCUT2D eigenvalue weighted by atomic mass is 35.5. The number of carbonyl (C=O) groups excluding carboxylic acids is 2. The third-order valence-electron chi connectivity index (χ3n) is 2.10. The lowest BCUT2D eigenvalue weighted by Gasteiger charge is -2.08. The zero-order valence-electron chi connectivity index (χ0n) is 10.2. The Bertz CT molecular complexity index is 448. The molecule has 6 heteroatoms. The molecule has 0 aliphatic carbocycles. The lowest BCUT2D eigenvalue weighted by Crippen LogP contribution is -2.33. The maximum atomic E-state index is 11.3. The van der Waals surface area contributed by atoms with E-state index in [0.29, 0.717) is 10.8 Å². The monoisotopic (exact) mass is 271 g/mol. The molecule has 1 amide bonds. The first-order valence-corrected chi connectivity index (χ1v) is 5.63. The van der Waals surface area contributed by atoms with Crippen LogP contribution in [0.4, 0.5) is 0 Å². The van der Waals surface area contributed by atoms with Crippen molar-refractivity contribution in [3.8, 4) is 5.75 Å². The van der Waals surface area contributed by atoms with Crippen molar-refractivity contribution in [2.45, 2.75) is 6.92 Å². The first-order chi connectivity index (χ1) is 8.52. The molecule has 0 bridgehead atoms. The molecule has 0 fully saturated rings. The molecule has 0 aromatic heterocycles. The van der Waals surface area contributed by atoms with E-state index in [0.717, 1.165) is 5.56 Å². The number of esters is 1. The van der Waals surface area contributed by atoms with Crippen LogP contribution in [0.5, 0.6) is 5.75 Å². The molecule has 0 spiro atoms. The highest BCUT2D eigenvalue weighted by Gasteiger charge is 2.08. The zero-order valence-corrected chi connectivity index (χ0v) is 10.9. The maximum Gasteiger partial charge on any atom is 0.325 e. The minimum absolute atomic E-state index is 0.180. The van der Waals surface area contributed by atoms with Crippen molar-refractivity contribution >= 4 is 23.5 Å². The second-order valence-electron chi connectivity index (χ2n) is 3.58. The topological polar surface area (TPSA) is 64.6 Å². The number of benzene rings is 1. The van der Waals surface area contributed by atoms with Gasteiger partial charge in [-0.2, -0.15) is 0 Å². The molecule has 0 aliphatic heterocycles. The van der Waals surface area contributed by atoms with Crippen molar-refractivity contribution in [2.24, 2.45) is 0 Å². The van der Waals surface area contributed by atoms with E-state index < -0.39 is 11.9 Å². The van der Waals surface area contributed by atoms with E-state index in [1.807, 2.05) is 13.0 Å². The van der Waals surface area contributed by atoms with E-state index in [4.69, 9.17) is 16.3 Å². The Morgan fingerprint density at radius 3 is 2.78 bits per heavy atom.